The molecule has 0 saturated heterocycles. The van der Waals surface area contributed by atoms with Gasteiger partial charge >= 0.3 is 0 Å². The fraction of sp³-hybridized carbons (Fsp3) is 0.308. The van der Waals surface area contributed by atoms with E-state index in [1.165, 1.54) is 16.7 Å². The first-order valence-electron chi connectivity index (χ1n) is 10.3. The topological polar surface area (TPSA) is 41.9 Å². The van der Waals surface area contributed by atoms with Crippen molar-refractivity contribution in [1.29, 1.82) is 0 Å². The summed E-state index contributed by atoms with van der Waals surface area (Å²) >= 11 is 0. The number of ether oxygens (including phenoxy) is 2. The highest BCUT2D eigenvalue weighted by Gasteiger charge is 2.26. The minimum atomic E-state index is -0.525. The van der Waals surface area contributed by atoms with E-state index in [-0.39, 0.29) is 6.04 Å². The quantitative estimate of drug-likeness (QED) is 0.535. The Morgan fingerprint density at radius 2 is 1.23 bits per heavy atom. The first-order chi connectivity index (χ1) is 14.5. The second-order valence-electron chi connectivity index (χ2n) is 7.64. The van der Waals surface area contributed by atoms with E-state index in [9.17, 15) is 5.11 Å². The standard InChI is InChI=1S/C26H31NO3/c1-19-7-5-6-8-25(19)26(20(2)28)27(17-21-9-13-23(29-3)14-10-21)18-22-11-15-24(30-4)16-12-22/h5-16,20,26,28H,17-18H2,1-4H3. The van der Waals surface area contributed by atoms with Gasteiger partial charge in [0, 0.05) is 13.1 Å². The molecule has 0 aromatic heterocycles. The molecule has 1 N–H and O–H groups in total. The average molecular weight is 406 g/mol. The zero-order valence-corrected chi connectivity index (χ0v) is 18.2. The summed E-state index contributed by atoms with van der Waals surface area (Å²) in [5.41, 5.74) is 4.67. The molecule has 0 amide bonds. The van der Waals surface area contributed by atoms with Gasteiger partial charge in [-0.3, -0.25) is 4.90 Å². The molecule has 0 radical (unpaired) electrons. The van der Waals surface area contributed by atoms with Crippen molar-refractivity contribution in [2.45, 2.75) is 39.1 Å². The average Bonchev–Trinajstić information content (AvgIpc) is 2.76. The highest BCUT2D eigenvalue weighted by atomic mass is 16.5. The van der Waals surface area contributed by atoms with Crippen molar-refractivity contribution < 1.29 is 14.6 Å². The van der Waals surface area contributed by atoms with Crippen molar-refractivity contribution in [2.75, 3.05) is 14.2 Å². The van der Waals surface area contributed by atoms with Gasteiger partial charge in [0.25, 0.3) is 0 Å². The molecule has 4 heteroatoms. The van der Waals surface area contributed by atoms with Gasteiger partial charge in [-0.1, -0.05) is 48.5 Å². The van der Waals surface area contributed by atoms with Gasteiger partial charge in [0.2, 0.25) is 0 Å². The van der Waals surface area contributed by atoms with Crippen LogP contribution in [0.15, 0.2) is 72.8 Å². The molecule has 2 atom stereocenters. The van der Waals surface area contributed by atoms with Gasteiger partial charge in [-0.2, -0.15) is 0 Å². The Morgan fingerprint density at radius 3 is 1.63 bits per heavy atom. The first-order valence-corrected chi connectivity index (χ1v) is 10.3. The third-order valence-electron chi connectivity index (χ3n) is 5.45. The van der Waals surface area contributed by atoms with E-state index in [0.717, 1.165) is 17.1 Å². The molecule has 0 aliphatic carbocycles. The lowest BCUT2D eigenvalue weighted by molar-refractivity contribution is 0.0494. The lowest BCUT2D eigenvalue weighted by Crippen LogP contribution is -2.35. The molecule has 3 aromatic carbocycles. The van der Waals surface area contributed by atoms with Gasteiger partial charge in [0.1, 0.15) is 11.5 Å². The van der Waals surface area contributed by atoms with Crippen LogP contribution in [0, 0.1) is 6.92 Å². The van der Waals surface area contributed by atoms with E-state index in [1.54, 1.807) is 14.2 Å². The molecule has 30 heavy (non-hydrogen) atoms. The van der Waals surface area contributed by atoms with E-state index < -0.39 is 6.10 Å². The molecule has 4 nitrogen and oxygen atoms in total. The van der Waals surface area contributed by atoms with Crippen molar-refractivity contribution in [1.82, 2.24) is 4.90 Å². The lowest BCUT2D eigenvalue weighted by Gasteiger charge is -2.35. The predicted molar refractivity (Wildman–Crippen MR) is 121 cm³/mol. The van der Waals surface area contributed by atoms with Crippen molar-refractivity contribution in [2.24, 2.45) is 0 Å². The number of aryl methyl sites for hydroxylation is 1. The number of aliphatic hydroxyl groups is 1. The van der Waals surface area contributed by atoms with Crippen LogP contribution in [-0.4, -0.2) is 30.3 Å². The van der Waals surface area contributed by atoms with E-state index in [2.05, 4.69) is 48.2 Å². The summed E-state index contributed by atoms with van der Waals surface area (Å²) in [6, 6.07) is 24.4. The summed E-state index contributed by atoms with van der Waals surface area (Å²) in [6.45, 7) is 5.38. The van der Waals surface area contributed by atoms with Crippen LogP contribution in [0.4, 0.5) is 0 Å². The Labute approximate surface area is 179 Å². The monoisotopic (exact) mass is 405 g/mol. The summed E-state index contributed by atoms with van der Waals surface area (Å²) in [4.78, 5) is 2.33. The summed E-state index contributed by atoms with van der Waals surface area (Å²) in [6.07, 6.45) is -0.525. The van der Waals surface area contributed by atoms with E-state index in [4.69, 9.17) is 9.47 Å². The van der Waals surface area contributed by atoms with Crippen LogP contribution in [0.5, 0.6) is 11.5 Å². The van der Waals surface area contributed by atoms with Crippen LogP contribution in [0.2, 0.25) is 0 Å². The highest BCUT2D eigenvalue weighted by molar-refractivity contribution is 5.32. The third-order valence-corrected chi connectivity index (χ3v) is 5.45. The second kappa shape index (κ2) is 10.3. The van der Waals surface area contributed by atoms with Crippen molar-refractivity contribution >= 4 is 0 Å². The van der Waals surface area contributed by atoms with Crippen molar-refractivity contribution in [3.05, 3.63) is 95.1 Å². The number of hydrogen-bond acceptors (Lipinski definition) is 4. The lowest BCUT2D eigenvalue weighted by atomic mass is 9.95. The minimum Gasteiger partial charge on any atom is -0.497 e. The maximum atomic E-state index is 10.8. The summed E-state index contributed by atoms with van der Waals surface area (Å²) in [5, 5.41) is 10.8. The number of benzene rings is 3. The molecule has 0 aliphatic heterocycles. The van der Waals surface area contributed by atoms with Crippen LogP contribution in [-0.2, 0) is 13.1 Å². The van der Waals surface area contributed by atoms with Crippen molar-refractivity contribution in [3.8, 4) is 11.5 Å². The molecule has 158 valence electrons. The van der Waals surface area contributed by atoms with Crippen LogP contribution >= 0.6 is 0 Å². The molecule has 3 aromatic rings. The van der Waals surface area contributed by atoms with Gasteiger partial charge in [0.15, 0.2) is 0 Å². The second-order valence-corrected chi connectivity index (χ2v) is 7.64. The Morgan fingerprint density at radius 1 is 0.767 bits per heavy atom. The van der Waals surface area contributed by atoms with E-state index >= 15 is 0 Å². The minimum absolute atomic E-state index is 0.129. The number of rotatable bonds is 9. The molecule has 0 fully saturated rings. The number of hydrogen-bond donors (Lipinski definition) is 1. The maximum Gasteiger partial charge on any atom is 0.118 e. The maximum absolute atomic E-state index is 10.8. The third kappa shape index (κ3) is 5.41. The fourth-order valence-electron chi connectivity index (χ4n) is 3.86. The molecule has 3 rings (SSSR count). The largest absolute Gasteiger partial charge is 0.497 e. The predicted octanol–water partition coefficient (Wildman–Crippen LogP) is 5.14. The summed E-state index contributed by atoms with van der Waals surface area (Å²) in [7, 11) is 3.35. The zero-order chi connectivity index (χ0) is 21.5. The Kier molecular flexibility index (Phi) is 7.50. The van der Waals surface area contributed by atoms with Gasteiger partial charge < -0.3 is 14.6 Å². The highest BCUT2D eigenvalue weighted by Crippen LogP contribution is 2.31. The fourth-order valence-corrected chi connectivity index (χ4v) is 3.86. The Balaban J connectivity index is 1.95. The summed E-state index contributed by atoms with van der Waals surface area (Å²) < 4.78 is 10.6. The van der Waals surface area contributed by atoms with Gasteiger partial charge in [0.05, 0.1) is 26.4 Å². The molecule has 0 bridgehead atoms. The first kappa shape index (κ1) is 21.9. The molecule has 0 heterocycles. The normalized spacial score (nSPS) is 13.1. The molecule has 0 saturated carbocycles. The van der Waals surface area contributed by atoms with E-state index in [0.29, 0.717) is 13.1 Å². The van der Waals surface area contributed by atoms with Gasteiger partial charge in [-0.05, 0) is 60.4 Å². The smallest absolute Gasteiger partial charge is 0.118 e. The van der Waals surface area contributed by atoms with Crippen molar-refractivity contribution in [3.63, 3.8) is 0 Å². The Hall–Kier alpha value is -2.82. The van der Waals surface area contributed by atoms with Crippen LogP contribution < -0.4 is 9.47 Å². The van der Waals surface area contributed by atoms with Crippen LogP contribution in [0.1, 0.15) is 35.2 Å². The number of nitrogens with zero attached hydrogens (tertiary/aromatic N) is 1. The Bertz CT molecular complexity index is 870. The van der Waals surface area contributed by atoms with E-state index in [1.807, 2.05) is 43.3 Å². The molecular weight excluding hydrogens is 374 g/mol. The van der Waals surface area contributed by atoms with Gasteiger partial charge in [-0.15, -0.1) is 0 Å². The molecule has 0 spiro atoms. The zero-order valence-electron chi connectivity index (χ0n) is 18.2. The van der Waals surface area contributed by atoms with Gasteiger partial charge in [-0.25, -0.2) is 0 Å². The van der Waals surface area contributed by atoms with Crippen LogP contribution in [0.25, 0.3) is 0 Å². The molecule has 0 aliphatic rings. The van der Waals surface area contributed by atoms with Crippen LogP contribution in [0.3, 0.4) is 0 Å². The SMILES string of the molecule is COc1ccc(CN(Cc2ccc(OC)cc2)C(c2ccccc2C)C(C)O)cc1. The summed E-state index contributed by atoms with van der Waals surface area (Å²) in [5.74, 6) is 1.68. The molecule has 2 unspecified atom stereocenters. The number of aliphatic hydroxyl groups excluding tert-OH is 1. The number of methoxy groups -OCH3 is 2. The molecular formula is C26H31NO3.